The second-order valence-electron chi connectivity index (χ2n) is 6.56. The van der Waals surface area contributed by atoms with Crippen molar-refractivity contribution in [2.45, 2.75) is 24.7 Å². The van der Waals surface area contributed by atoms with Gasteiger partial charge in [0.05, 0.1) is 5.56 Å². The van der Waals surface area contributed by atoms with Gasteiger partial charge in [0.15, 0.2) is 5.16 Å². The van der Waals surface area contributed by atoms with Gasteiger partial charge in [-0.2, -0.15) is 13.2 Å². The maximum Gasteiger partial charge on any atom is 0.416 e. The number of thioether (sulfide) groups is 1. The van der Waals surface area contributed by atoms with Gasteiger partial charge in [0, 0.05) is 49.5 Å². The van der Waals surface area contributed by atoms with Gasteiger partial charge in [-0.25, -0.2) is 9.97 Å². The normalized spacial score (nSPS) is 15.9. The first kappa shape index (κ1) is 19.9. The first-order chi connectivity index (χ1) is 12.9. The van der Waals surface area contributed by atoms with Gasteiger partial charge < -0.3 is 4.90 Å². The third-order valence-corrected chi connectivity index (χ3v) is 5.48. The molecule has 3 rings (SSSR count). The lowest BCUT2D eigenvalue weighted by Crippen LogP contribution is -2.46. The molecule has 0 radical (unpaired) electrons. The number of alkyl halides is 3. The van der Waals surface area contributed by atoms with Crippen molar-refractivity contribution in [2.75, 3.05) is 43.4 Å². The van der Waals surface area contributed by atoms with Crippen LogP contribution in [-0.2, 0) is 6.18 Å². The molecule has 0 bridgehead atoms. The van der Waals surface area contributed by atoms with Crippen molar-refractivity contribution in [3.8, 4) is 0 Å². The van der Waals surface area contributed by atoms with E-state index in [-0.39, 0.29) is 0 Å². The van der Waals surface area contributed by atoms with Crippen LogP contribution in [0.3, 0.4) is 0 Å². The summed E-state index contributed by atoms with van der Waals surface area (Å²) in [5.41, 5.74) is 1.03. The van der Waals surface area contributed by atoms with Crippen molar-refractivity contribution in [3.63, 3.8) is 0 Å². The molecule has 8 heteroatoms. The number of rotatable bonds is 6. The van der Waals surface area contributed by atoms with Gasteiger partial charge in [0.2, 0.25) is 0 Å². The van der Waals surface area contributed by atoms with Crippen molar-refractivity contribution >= 4 is 17.4 Å². The van der Waals surface area contributed by atoms with E-state index in [1.54, 1.807) is 24.0 Å². The molecule has 1 aromatic carbocycles. The van der Waals surface area contributed by atoms with Gasteiger partial charge >= 0.3 is 6.18 Å². The first-order valence-electron chi connectivity index (χ1n) is 8.99. The minimum absolute atomic E-state index is 0.585. The molecule has 0 unspecified atom stereocenters. The monoisotopic (exact) mass is 396 g/mol. The highest BCUT2D eigenvalue weighted by Gasteiger charge is 2.31. The highest BCUT2D eigenvalue weighted by molar-refractivity contribution is 7.99. The number of halogens is 3. The van der Waals surface area contributed by atoms with Crippen LogP contribution < -0.4 is 4.90 Å². The number of anilines is 1. The van der Waals surface area contributed by atoms with Crippen molar-refractivity contribution in [1.29, 1.82) is 0 Å². The Morgan fingerprint density at radius 1 is 1.11 bits per heavy atom. The SMILES string of the molecule is Cc1ccnc(SCCCN2CCN(c3cccc(C(F)(F)F)c3)CC2)n1. The molecule has 1 aromatic heterocycles. The van der Waals surface area contributed by atoms with Crippen molar-refractivity contribution in [1.82, 2.24) is 14.9 Å². The van der Waals surface area contributed by atoms with Crippen molar-refractivity contribution in [2.24, 2.45) is 0 Å². The maximum absolute atomic E-state index is 12.9. The topological polar surface area (TPSA) is 32.3 Å². The zero-order valence-corrected chi connectivity index (χ0v) is 16.1. The van der Waals surface area contributed by atoms with Crippen molar-refractivity contribution < 1.29 is 13.2 Å². The molecule has 1 aliphatic heterocycles. The average Bonchev–Trinajstić information content (AvgIpc) is 2.65. The van der Waals surface area contributed by atoms with E-state index in [4.69, 9.17) is 0 Å². The third-order valence-electron chi connectivity index (χ3n) is 4.53. The van der Waals surface area contributed by atoms with Crippen LogP contribution in [0.25, 0.3) is 0 Å². The molecule has 4 nitrogen and oxygen atoms in total. The third kappa shape index (κ3) is 5.84. The fourth-order valence-corrected chi connectivity index (χ4v) is 3.86. The van der Waals surface area contributed by atoms with Crippen molar-refractivity contribution in [3.05, 3.63) is 47.8 Å². The predicted octanol–water partition coefficient (Wildman–Crippen LogP) is 4.11. The van der Waals surface area contributed by atoms with Crippen LogP contribution >= 0.6 is 11.8 Å². The Balaban J connectivity index is 1.41. The van der Waals surface area contributed by atoms with Crippen LogP contribution in [0.1, 0.15) is 17.7 Å². The Morgan fingerprint density at radius 2 is 1.89 bits per heavy atom. The fraction of sp³-hybridized carbons (Fsp3) is 0.474. The van der Waals surface area contributed by atoms with E-state index in [9.17, 15) is 13.2 Å². The number of aryl methyl sites for hydroxylation is 1. The van der Waals surface area contributed by atoms with E-state index in [1.807, 2.05) is 17.9 Å². The Hall–Kier alpha value is -1.80. The number of nitrogens with zero attached hydrogens (tertiary/aromatic N) is 4. The molecule has 2 heterocycles. The average molecular weight is 396 g/mol. The molecule has 1 saturated heterocycles. The molecule has 1 aliphatic rings. The number of benzene rings is 1. The van der Waals surface area contributed by atoms with Crippen LogP contribution in [0, 0.1) is 6.92 Å². The molecule has 27 heavy (non-hydrogen) atoms. The molecule has 1 fully saturated rings. The lowest BCUT2D eigenvalue weighted by molar-refractivity contribution is -0.137. The minimum atomic E-state index is -4.30. The summed E-state index contributed by atoms with van der Waals surface area (Å²) < 4.78 is 38.6. The summed E-state index contributed by atoms with van der Waals surface area (Å²) in [7, 11) is 0. The van der Waals surface area contributed by atoms with E-state index in [1.165, 1.54) is 12.1 Å². The summed E-state index contributed by atoms with van der Waals surface area (Å²) in [4.78, 5) is 13.0. The van der Waals surface area contributed by atoms with Crippen LogP contribution in [0.15, 0.2) is 41.7 Å². The van der Waals surface area contributed by atoms with E-state index < -0.39 is 11.7 Å². The number of hydrogen-bond donors (Lipinski definition) is 0. The second-order valence-corrected chi connectivity index (χ2v) is 7.62. The summed E-state index contributed by atoms with van der Waals surface area (Å²) >= 11 is 1.66. The van der Waals surface area contributed by atoms with Gasteiger partial charge in [-0.1, -0.05) is 17.8 Å². The standard InChI is InChI=1S/C19H23F3N4S/c1-15-6-7-23-18(24-15)27-13-3-8-25-9-11-26(12-10-25)17-5-2-4-16(14-17)19(20,21)22/h2,4-7,14H,3,8-13H2,1H3. The highest BCUT2D eigenvalue weighted by atomic mass is 32.2. The van der Waals surface area contributed by atoms with Crippen LogP contribution in [0.2, 0.25) is 0 Å². The Labute approximate surface area is 161 Å². The predicted molar refractivity (Wildman–Crippen MR) is 102 cm³/mol. The summed E-state index contributed by atoms with van der Waals surface area (Å²) in [6.07, 6.45) is -1.49. The molecule has 146 valence electrons. The summed E-state index contributed by atoms with van der Waals surface area (Å²) in [5, 5.41) is 0.810. The summed E-state index contributed by atoms with van der Waals surface area (Å²) in [6, 6.07) is 7.48. The molecule has 0 aliphatic carbocycles. The van der Waals surface area contributed by atoms with E-state index in [0.29, 0.717) is 5.69 Å². The van der Waals surface area contributed by atoms with Crippen LogP contribution in [0.4, 0.5) is 18.9 Å². The lowest BCUT2D eigenvalue weighted by atomic mass is 10.1. The van der Waals surface area contributed by atoms with Gasteiger partial charge in [0.25, 0.3) is 0 Å². The van der Waals surface area contributed by atoms with Gasteiger partial charge in [-0.05, 0) is 44.2 Å². The highest BCUT2D eigenvalue weighted by Crippen LogP contribution is 2.31. The summed E-state index contributed by atoms with van der Waals surface area (Å²) in [6.45, 7) is 6.15. The second kappa shape index (κ2) is 8.93. The van der Waals surface area contributed by atoms with Crippen LogP contribution in [-0.4, -0.2) is 53.3 Å². The van der Waals surface area contributed by atoms with Gasteiger partial charge in [-0.3, -0.25) is 4.90 Å². The number of hydrogen-bond acceptors (Lipinski definition) is 5. The first-order valence-corrected chi connectivity index (χ1v) is 9.97. The smallest absolute Gasteiger partial charge is 0.369 e. The van der Waals surface area contributed by atoms with Gasteiger partial charge in [0.1, 0.15) is 0 Å². The Morgan fingerprint density at radius 3 is 2.59 bits per heavy atom. The zero-order valence-electron chi connectivity index (χ0n) is 15.2. The Bertz CT molecular complexity index is 746. The quantitative estimate of drug-likeness (QED) is 0.417. The lowest BCUT2D eigenvalue weighted by Gasteiger charge is -2.36. The Kier molecular flexibility index (Phi) is 6.59. The van der Waals surface area contributed by atoms with E-state index in [2.05, 4.69) is 14.9 Å². The molecule has 0 amide bonds. The molecule has 0 spiro atoms. The molecular formula is C19H23F3N4S. The maximum atomic E-state index is 12.9. The van der Waals surface area contributed by atoms with Gasteiger partial charge in [-0.15, -0.1) is 0 Å². The molecule has 0 N–H and O–H groups in total. The molecule has 2 aromatic rings. The molecule has 0 atom stereocenters. The summed E-state index contributed by atoms with van der Waals surface area (Å²) in [5.74, 6) is 0.956. The molecular weight excluding hydrogens is 373 g/mol. The zero-order chi connectivity index (χ0) is 19.3. The number of piperazine rings is 1. The fourth-order valence-electron chi connectivity index (χ4n) is 3.06. The van der Waals surface area contributed by atoms with E-state index >= 15 is 0 Å². The van der Waals surface area contributed by atoms with E-state index in [0.717, 1.165) is 61.8 Å². The number of aromatic nitrogens is 2. The largest absolute Gasteiger partial charge is 0.416 e. The molecule has 0 saturated carbocycles. The van der Waals surface area contributed by atoms with Crippen LogP contribution in [0.5, 0.6) is 0 Å². The minimum Gasteiger partial charge on any atom is -0.369 e.